The fraction of sp³-hybridized carbons (Fsp3) is 0.278. The Morgan fingerprint density at radius 3 is 2.31 bits per heavy atom. The molecule has 2 aromatic rings. The zero-order valence-electron chi connectivity index (χ0n) is 14.0. The zero-order chi connectivity index (χ0) is 19.3. The Bertz CT molecular complexity index is 797. The molecule has 0 heterocycles. The van der Waals surface area contributed by atoms with Crippen LogP contribution in [0.3, 0.4) is 0 Å². The zero-order valence-corrected chi connectivity index (χ0v) is 14.0. The number of carbonyl (C=O) groups excluding carboxylic acids is 1. The average molecular weight is 372 g/mol. The summed E-state index contributed by atoms with van der Waals surface area (Å²) in [5, 5.41) is 2.18. The Kier molecular flexibility index (Phi) is 6.68. The molecule has 0 saturated carbocycles. The van der Waals surface area contributed by atoms with Gasteiger partial charge in [0.1, 0.15) is 0 Å². The number of hydrogen-bond acceptors (Lipinski definition) is 2. The van der Waals surface area contributed by atoms with Crippen LogP contribution in [-0.2, 0) is 11.3 Å². The van der Waals surface area contributed by atoms with Gasteiger partial charge < -0.3 is 5.32 Å². The molecule has 2 aromatic carbocycles. The van der Waals surface area contributed by atoms with Crippen LogP contribution in [0.4, 0.5) is 27.6 Å². The van der Waals surface area contributed by atoms with E-state index in [0.29, 0.717) is 24.6 Å². The molecule has 0 aliphatic heterocycles. The SMILES string of the molecule is CCCN(CC(=O)Nc1ccc(F)c(F)c1F)Cc1ccc(F)c(F)c1. The molecule has 0 bridgehead atoms. The molecule has 26 heavy (non-hydrogen) atoms. The van der Waals surface area contributed by atoms with E-state index < -0.39 is 40.7 Å². The molecule has 0 radical (unpaired) electrons. The van der Waals surface area contributed by atoms with Crippen molar-refractivity contribution in [3.63, 3.8) is 0 Å². The van der Waals surface area contributed by atoms with E-state index in [1.165, 1.54) is 6.07 Å². The van der Waals surface area contributed by atoms with Gasteiger partial charge >= 0.3 is 0 Å². The van der Waals surface area contributed by atoms with Gasteiger partial charge in [0.2, 0.25) is 5.91 Å². The number of halogens is 5. The third-order valence-corrected chi connectivity index (χ3v) is 3.61. The predicted molar refractivity (Wildman–Crippen MR) is 86.9 cm³/mol. The molecule has 0 fully saturated rings. The van der Waals surface area contributed by atoms with Crippen LogP contribution in [0.5, 0.6) is 0 Å². The highest BCUT2D eigenvalue weighted by atomic mass is 19.2. The van der Waals surface area contributed by atoms with Gasteiger partial charge in [0.25, 0.3) is 0 Å². The third-order valence-electron chi connectivity index (χ3n) is 3.61. The molecular weight excluding hydrogens is 355 g/mol. The number of anilines is 1. The molecule has 2 rings (SSSR count). The lowest BCUT2D eigenvalue weighted by Gasteiger charge is -2.21. The molecule has 140 valence electrons. The maximum Gasteiger partial charge on any atom is 0.238 e. The first kappa shape index (κ1) is 19.8. The molecule has 0 unspecified atom stereocenters. The maximum absolute atomic E-state index is 13.6. The van der Waals surface area contributed by atoms with E-state index in [1.807, 2.05) is 6.92 Å². The van der Waals surface area contributed by atoms with Crippen LogP contribution in [0.2, 0.25) is 0 Å². The third kappa shape index (κ3) is 5.01. The van der Waals surface area contributed by atoms with Gasteiger partial charge in [0.05, 0.1) is 12.2 Å². The fourth-order valence-electron chi connectivity index (χ4n) is 2.44. The molecule has 0 atom stereocenters. The van der Waals surface area contributed by atoms with Gasteiger partial charge in [0.15, 0.2) is 29.1 Å². The first-order chi connectivity index (χ1) is 12.3. The van der Waals surface area contributed by atoms with Crippen molar-refractivity contribution in [2.75, 3.05) is 18.4 Å². The molecule has 0 aliphatic carbocycles. The Balaban J connectivity index is 2.05. The minimum absolute atomic E-state index is 0.165. The number of carbonyl (C=O) groups is 1. The van der Waals surface area contributed by atoms with Crippen LogP contribution >= 0.6 is 0 Å². The number of amides is 1. The van der Waals surface area contributed by atoms with Crippen LogP contribution in [0.15, 0.2) is 30.3 Å². The van der Waals surface area contributed by atoms with E-state index in [2.05, 4.69) is 5.32 Å². The van der Waals surface area contributed by atoms with Crippen molar-refractivity contribution in [1.29, 1.82) is 0 Å². The number of nitrogens with one attached hydrogen (secondary N) is 1. The summed E-state index contributed by atoms with van der Waals surface area (Å²) in [6, 6.07) is 5.05. The minimum atomic E-state index is -1.67. The van der Waals surface area contributed by atoms with E-state index >= 15 is 0 Å². The van der Waals surface area contributed by atoms with Crippen molar-refractivity contribution >= 4 is 11.6 Å². The van der Waals surface area contributed by atoms with E-state index in [4.69, 9.17) is 0 Å². The van der Waals surface area contributed by atoms with Crippen LogP contribution in [0.25, 0.3) is 0 Å². The second kappa shape index (κ2) is 8.75. The first-order valence-electron chi connectivity index (χ1n) is 7.91. The smallest absolute Gasteiger partial charge is 0.238 e. The molecule has 0 aromatic heterocycles. The topological polar surface area (TPSA) is 32.3 Å². The second-order valence-electron chi connectivity index (χ2n) is 5.73. The lowest BCUT2D eigenvalue weighted by Crippen LogP contribution is -2.33. The normalized spacial score (nSPS) is 11.0. The quantitative estimate of drug-likeness (QED) is 0.583. The van der Waals surface area contributed by atoms with Crippen LogP contribution in [-0.4, -0.2) is 23.9 Å². The van der Waals surface area contributed by atoms with Crippen molar-refractivity contribution < 1.29 is 26.7 Å². The Morgan fingerprint density at radius 2 is 1.65 bits per heavy atom. The molecule has 1 amide bonds. The summed E-state index contributed by atoms with van der Waals surface area (Å²) in [4.78, 5) is 13.7. The highest BCUT2D eigenvalue weighted by Gasteiger charge is 2.17. The molecule has 0 saturated heterocycles. The number of hydrogen-bond donors (Lipinski definition) is 1. The molecule has 0 spiro atoms. The molecule has 1 N–H and O–H groups in total. The lowest BCUT2D eigenvalue weighted by atomic mass is 10.2. The van der Waals surface area contributed by atoms with Gasteiger partial charge in [0, 0.05) is 6.54 Å². The number of benzene rings is 2. The second-order valence-corrected chi connectivity index (χ2v) is 5.73. The van der Waals surface area contributed by atoms with Gasteiger partial charge in [-0.15, -0.1) is 0 Å². The van der Waals surface area contributed by atoms with Crippen molar-refractivity contribution in [1.82, 2.24) is 4.90 Å². The summed E-state index contributed by atoms with van der Waals surface area (Å²) in [5.41, 5.74) is -0.0117. The Morgan fingerprint density at radius 1 is 0.962 bits per heavy atom. The van der Waals surface area contributed by atoms with Crippen molar-refractivity contribution in [3.05, 3.63) is 65.0 Å². The van der Waals surface area contributed by atoms with Crippen molar-refractivity contribution in [2.24, 2.45) is 0 Å². The van der Waals surface area contributed by atoms with Crippen LogP contribution in [0, 0.1) is 29.1 Å². The molecule has 0 aliphatic rings. The standard InChI is InChI=1S/C18H17F5N2O/c1-2-7-25(9-11-3-4-12(19)14(21)8-11)10-16(26)24-15-6-5-13(20)17(22)18(15)23/h3-6,8H,2,7,9-10H2,1H3,(H,24,26). The largest absolute Gasteiger partial charge is 0.322 e. The number of nitrogens with zero attached hydrogens (tertiary/aromatic N) is 1. The molecule has 3 nitrogen and oxygen atoms in total. The van der Waals surface area contributed by atoms with Gasteiger partial charge in [-0.2, -0.15) is 0 Å². The molecule has 8 heteroatoms. The fourth-order valence-corrected chi connectivity index (χ4v) is 2.44. The van der Waals surface area contributed by atoms with E-state index in [0.717, 1.165) is 18.2 Å². The maximum atomic E-state index is 13.6. The lowest BCUT2D eigenvalue weighted by molar-refractivity contribution is -0.117. The van der Waals surface area contributed by atoms with Crippen molar-refractivity contribution in [3.8, 4) is 0 Å². The summed E-state index contributed by atoms with van der Waals surface area (Å²) in [5.74, 6) is -7.12. The highest BCUT2D eigenvalue weighted by Crippen LogP contribution is 2.19. The van der Waals surface area contributed by atoms with Crippen LogP contribution in [0.1, 0.15) is 18.9 Å². The molecular formula is C18H17F5N2O. The van der Waals surface area contributed by atoms with Gasteiger partial charge in [-0.1, -0.05) is 13.0 Å². The summed E-state index contributed by atoms with van der Waals surface area (Å²) in [7, 11) is 0. The highest BCUT2D eigenvalue weighted by molar-refractivity contribution is 5.92. The van der Waals surface area contributed by atoms with Gasteiger partial charge in [-0.3, -0.25) is 9.69 Å². The summed E-state index contributed by atoms with van der Waals surface area (Å²) >= 11 is 0. The summed E-state index contributed by atoms with van der Waals surface area (Å²) in [6.45, 7) is 2.31. The minimum Gasteiger partial charge on any atom is -0.322 e. The average Bonchev–Trinajstić information content (AvgIpc) is 2.59. The van der Waals surface area contributed by atoms with Gasteiger partial charge in [-0.25, -0.2) is 22.0 Å². The Labute approximate surface area is 147 Å². The first-order valence-corrected chi connectivity index (χ1v) is 7.91. The predicted octanol–water partition coefficient (Wildman–Crippen LogP) is 4.23. The van der Waals surface area contributed by atoms with E-state index in [9.17, 15) is 26.7 Å². The Hall–Kier alpha value is -2.48. The van der Waals surface area contributed by atoms with Crippen LogP contribution < -0.4 is 5.32 Å². The van der Waals surface area contributed by atoms with E-state index in [-0.39, 0.29) is 13.1 Å². The van der Waals surface area contributed by atoms with Gasteiger partial charge in [-0.05, 0) is 42.8 Å². The van der Waals surface area contributed by atoms with Crippen molar-refractivity contribution in [2.45, 2.75) is 19.9 Å². The monoisotopic (exact) mass is 372 g/mol. The summed E-state index contributed by atoms with van der Waals surface area (Å²) in [6.07, 6.45) is 0.677. The summed E-state index contributed by atoms with van der Waals surface area (Å²) < 4.78 is 66.0. The van der Waals surface area contributed by atoms with E-state index in [1.54, 1.807) is 4.90 Å². The number of rotatable bonds is 7.